The predicted octanol–water partition coefficient (Wildman–Crippen LogP) is 7.86. The maximum absolute atomic E-state index is 14.1. The summed E-state index contributed by atoms with van der Waals surface area (Å²) in [5.41, 5.74) is 10.2. The summed E-state index contributed by atoms with van der Waals surface area (Å²) in [6, 6.07) is 15.2. The average molecular weight is 636 g/mol. The Balaban J connectivity index is 1.42. The van der Waals surface area contributed by atoms with E-state index in [0.717, 1.165) is 72.3 Å². The van der Waals surface area contributed by atoms with Crippen LogP contribution in [0.2, 0.25) is 0 Å². The van der Waals surface area contributed by atoms with Crippen LogP contribution >= 0.6 is 0 Å². The monoisotopic (exact) mass is 635 g/mol. The smallest absolute Gasteiger partial charge is 0.232 e. The Morgan fingerprint density at radius 2 is 1.60 bits per heavy atom. The number of pyridine rings is 1. The molecule has 1 amide bonds. The Morgan fingerprint density at radius 1 is 0.915 bits per heavy atom. The van der Waals surface area contributed by atoms with Crippen molar-refractivity contribution in [2.24, 2.45) is 11.8 Å². The van der Waals surface area contributed by atoms with E-state index in [0.29, 0.717) is 11.8 Å². The molecule has 8 nitrogen and oxygen atoms in total. The summed E-state index contributed by atoms with van der Waals surface area (Å²) in [6.07, 6.45) is 3.90. The number of carbonyl (C=O) groups excluding carboxylic acids is 1. The highest BCUT2D eigenvalue weighted by atomic mass is 16.2. The lowest BCUT2D eigenvalue weighted by Crippen LogP contribution is -2.46. The highest BCUT2D eigenvalue weighted by Gasteiger charge is 2.35. The molecule has 8 heteroatoms. The van der Waals surface area contributed by atoms with Crippen molar-refractivity contribution >= 4 is 28.0 Å². The van der Waals surface area contributed by atoms with Crippen LogP contribution < -0.4 is 5.32 Å². The molecule has 0 spiro atoms. The SMILES string of the molecule is Cc1cc(C)cc(-c2[nH]c3ncc(C(C)(C)C(=O)N(CC(C)C)CC(C)C)cc3c2[C@H](C)CNCCCc2ccc3n[nH]nc3c2)c1. The molecule has 0 fully saturated rings. The van der Waals surface area contributed by atoms with E-state index in [4.69, 9.17) is 4.98 Å². The molecule has 3 aromatic heterocycles. The van der Waals surface area contributed by atoms with Gasteiger partial charge in [0, 0.05) is 31.2 Å². The topological polar surface area (TPSA) is 103 Å². The number of hydrogen-bond acceptors (Lipinski definition) is 5. The van der Waals surface area contributed by atoms with Crippen molar-refractivity contribution in [2.45, 2.75) is 86.5 Å². The van der Waals surface area contributed by atoms with Gasteiger partial charge in [0.05, 0.1) is 11.1 Å². The van der Waals surface area contributed by atoms with Gasteiger partial charge in [0.25, 0.3) is 0 Å². The molecule has 0 aliphatic rings. The Morgan fingerprint density at radius 3 is 2.28 bits per heavy atom. The lowest BCUT2D eigenvalue weighted by Gasteiger charge is -2.34. The summed E-state index contributed by atoms with van der Waals surface area (Å²) in [6.45, 7) is 22.6. The zero-order valence-electron chi connectivity index (χ0n) is 29.8. The molecule has 3 heterocycles. The summed E-state index contributed by atoms with van der Waals surface area (Å²) >= 11 is 0. The fourth-order valence-electron chi connectivity index (χ4n) is 6.81. The van der Waals surface area contributed by atoms with E-state index in [-0.39, 0.29) is 11.8 Å². The van der Waals surface area contributed by atoms with Crippen molar-refractivity contribution in [3.8, 4) is 11.3 Å². The molecule has 250 valence electrons. The number of amides is 1. The van der Waals surface area contributed by atoms with Crippen LogP contribution in [0.15, 0.2) is 48.7 Å². The molecular weight excluding hydrogens is 582 g/mol. The Bertz CT molecular complexity index is 1800. The molecular formula is C39H53N7O. The summed E-state index contributed by atoms with van der Waals surface area (Å²) in [5, 5.41) is 15.9. The summed E-state index contributed by atoms with van der Waals surface area (Å²) in [7, 11) is 0. The fourth-order valence-corrected chi connectivity index (χ4v) is 6.81. The minimum absolute atomic E-state index is 0.157. The quantitative estimate of drug-likeness (QED) is 0.108. The molecule has 5 rings (SSSR count). The molecule has 0 bridgehead atoms. The normalized spacial score (nSPS) is 12.9. The first-order valence-corrected chi connectivity index (χ1v) is 17.2. The molecule has 0 saturated heterocycles. The molecule has 47 heavy (non-hydrogen) atoms. The Hall–Kier alpha value is -4.04. The van der Waals surface area contributed by atoms with Gasteiger partial charge >= 0.3 is 0 Å². The van der Waals surface area contributed by atoms with Crippen LogP contribution in [-0.4, -0.2) is 62.4 Å². The lowest BCUT2D eigenvalue weighted by molar-refractivity contribution is -0.137. The van der Waals surface area contributed by atoms with E-state index < -0.39 is 5.41 Å². The van der Waals surface area contributed by atoms with E-state index in [1.165, 1.54) is 27.8 Å². The first-order valence-electron chi connectivity index (χ1n) is 17.2. The number of hydrogen-bond donors (Lipinski definition) is 3. The van der Waals surface area contributed by atoms with Crippen LogP contribution in [-0.2, 0) is 16.6 Å². The third kappa shape index (κ3) is 7.92. The van der Waals surface area contributed by atoms with Gasteiger partial charge in [0.1, 0.15) is 16.7 Å². The molecule has 1 atom stereocenters. The second kappa shape index (κ2) is 14.4. The van der Waals surface area contributed by atoms with Gasteiger partial charge in [-0.15, -0.1) is 0 Å². The molecule has 0 radical (unpaired) electrons. The van der Waals surface area contributed by atoms with Gasteiger partial charge in [-0.25, -0.2) is 4.98 Å². The largest absolute Gasteiger partial charge is 0.341 e. The third-order valence-electron chi connectivity index (χ3n) is 9.06. The molecule has 2 aromatic carbocycles. The van der Waals surface area contributed by atoms with Gasteiger partial charge in [-0.3, -0.25) is 4.79 Å². The van der Waals surface area contributed by atoms with Crippen molar-refractivity contribution in [1.82, 2.24) is 35.6 Å². The first-order chi connectivity index (χ1) is 22.3. The van der Waals surface area contributed by atoms with Gasteiger partial charge in [-0.2, -0.15) is 15.4 Å². The van der Waals surface area contributed by atoms with Crippen LogP contribution in [0.25, 0.3) is 33.3 Å². The van der Waals surface area contributed by atoms with Crippen molar-refractivity contribution in [1.29, 1.82) is 0 Å². The highest BCUT2D eigenvalue weighted by molar-refractivity contribution is 5.92. The second-order valence-corrected chi connectivity index (χ2v) is 14.9. The van der Waals surface area contributed by atoms with Crippen molar-refractivity contribution in [2.75, 3.05) is 26.2 Å². The zero-order chi connectivity index (χ0) is 33.9. The van der Waals surface area contributed by atoms with Crippen LogP contribution in [0.1, 0.15) is 88.6 Å². The highest BCUT2D eigenvalue weighted by Crippen LogP contribution is 2.38. The minimum Gasteiger partial charge on any atom is -0.341 e. The van der Waals surface area contributed by atoms with Gasteiger partial charge in [-0.05, 0) is 117 Å². The molecule has 0 saturated carbocycles. The second-order valence-electron chi connectivity index (χ2n) is 14.9. The van der Waals surface area contributed by atoms with Crippen molar-refractivity contribution in [3.63, 3.8) is 0 Å². The van der Waals surface area contributed by atoms with E-state index in [2.05, 4.69) is 115 Å². The summed E-state index contributed by atoms with van der Waals surface area (Å²) in [5.74, 6) is 1.16. The van der Waals surface area contributed by atoms with Crippen molar-refractivity contribution < 1.29 is 4.79 Å². The Labute approximate surface area is 280 Å². The standard InChI is InChI=1S/C39H53N7O/c1-24(2)22-46(23-25(3)4)38(47)39(8,9)31-19-32-35(36(42-37(32)41-21-31)30-16-26(5)15-27(6)17-30)28(7)20-40-14-10-11-29-12-13-33-34(18-29)44-45-43-33/h12-13,15-19,21,24-25,28,40H,10-11,14,20,22-23H2,1-9H3,(H,41,42)(H,43,44,45)/t28-/m1/s1. The summed E-state index contributed by atoms with van der Waals surface area (Å²) in [4.78, 5) is 24.8. The van der Waals surface area contributed by atoms with E-state index in [1.807, 2.05) is 26.1 Å². The number of benzene rings is 2. The summed E-state index contributed by atoms with van der Waals surface area (Å²) < 4.78 is 0. The van der Waals surface area contributed by atoms with E-state index >= 15 is 0 Å². The molecule has 3 N–H and O–H groups in total. The third-order valence-corrected chi connectivity index (χ3v) is 9.06. The van der Waals surface area contributed by atoms with Gasteiger partial charge < -0.3 is 15.2 Å². The molecule has 0 aliphatic carbocycles. The zero-order valence-corrected chi connectivity index (χ0v) is 29.8. The number of nitrogens with one attached hydrogen (secondary N) is 3. The maximum Gasteiger partial charge on any atom is 0.232 e. The van der Waals surface area contributed by atoms with Crippen LogP contribution in [0, 0.1) is 25.7 Å². The van der Waals surface area contributed by atoms with Gasteiger partial charge in [0.2, 0.25) is 5.91 Å². The fraction of sp³-hybridized carbons (Fsp3) is 0.487. The predicted molar refractivity (Wildman–Crippen MR) is 194 cm³/mol. The maximum atomic E-state index is 14.1. The number of carbonyl (C=O) groups is 1. The Kier molecular flexibility index (Phi) is 10.5. The number of aromatic amines is 2. The number of nitrogens with zero attached hydrogens (tertiary/aromatic N) is 4. The minimum atomic E-state index is -0.712. The molecule has 5 aromatic rings. The van der Waals surface area contributed by atoms with E-state index in [9.17, 15) is 4.79 Å². The van der Waals surface area contributed by atoms with Crippen LogP contribution in [0.3, 0.4) is 0 Å². The number of fused-ring (bicyclic) bond motifs is 2. The number of aromatic nitrogens is 5. The van der Waals surface area contributed by atoms with Crippen LogP contribution in [0.4, 0.5) is 0 Å². The molecule has 0 aliphatic heterocycles. The number of H-pyrrole nitrogens is 2. The van der Waals surface area contributed by atoms with Gasteiger partial charge in [-0.1, -0.05) is 57.9 Å². The van der Waals surface area contributed by atoms with Gasteiger partial charge in [0.15, 0.2) is 0 Å². The van der Waals surface area contributed by atoms with Crippen LogP contribution in [0.5, 0.6) is 0 Å². The number of rotatable bonds is 14. The van der Waals surface area contributed by atoms with Crippen molar-refractivity contribution in [3.05, 3.63) is 76.5 Å². The average Bonchev–Trinajstić information content (AvgIpc) is 3.63. The first kappa shape index (κ1) is 34.3. The lowest BCUT2D eigenvalue weighted by atomic mass is 9.82. The molecule has 0 unspecified atom stereocenters. The van der Waals surface area contributed by atoms with E-state index in [1.54, 1.807) is 0 Å². The number of aryl methyl sites for hydroxylation is 3.